The quantitative estimate of drug-likeness (QED) is 0.0287. The van der Waals surface area contributed by atoms with Crippen LogP contribution in [0.25, 0.3) is 0 Å². The second-order valence-electron chi connectivity index (χ2n) is 21.2. The van der Waals surface area contributed by atoms with E-state index in [0.717, 1.165) is 25.7 Å². The van der Waals surface area contributed by atoms with Gasteiger partial charge in [0.25, 0.3) is 0 Å². The molecule has 0 aliphatic carbocycles. The van der Waals surface area contributed by atoms with Crippen LogP contribution in [0.1, 0.15) is 232 Å². The normalized spacial score (nSPS) is 14.3. The van der Waals surface area contributed by atoms with Gasteiger partial charge in [-0.15, -0.1) is 0 Å². The molecule has 1 N–H and O–H groups in total. The van der Waals surface area contributed by atoms with Crippen molar-refractivity contribution in [2.24, 2.45) is 0 Å². The Kier molecular flexibility index (Phi) is 38.1. The van der Waals surface area contributed by atoms with Crippen LogP contribution in [0.5, 0.6) is 0 Å². The average molecular weight is 883 g/mol. The number of hydrogen-bond acceptors (Lipinski definition) is 4. The van der Waals surface area contributed by atoms with Gasteiger partial charge < -0.3 is 18.6 Å². The summed E-state index contributed by atoms with van der Waals surface area (Å²) in [5.41, 5.74) is 0. The summed E-state index contributed by atoms with van der Waals surface area (Å²) in [5.74, 6) is -0.0354. The third-order valence-electron chi connectivity index (χ3n) is 11.2. The van der Waals surface area contributed by atoms with Gasteiger partial charge in [-0.05, 0) is 78.2 Å². The fourth-order valence-corrected chi connectivity index (χ4v) is 11.0. The van der Waals surface area contributed by atoms with Gasteiger partial charge >= 0.3 is 0 Å². The lowest BCUT2D eigenvalue weighted by molar-refractivity contribution is -0.133. The molecule has 0 bridgehead atoms. The van der Waals surface area contributed by atoms with E-state index in [0.29, 0.717) is 0 Å². The number of amides is 1. The molecule has 59 heavy (non-hydrogen) atoms. The van der Waals surface area contributed by atoms with Crippen LogP contribution in [0.2, 0.25) is 58.9 Å². The maximum absolute atomic E-state index is 14.1. The molecule has 0 aromatic rings. The Labute approximate surface area is 374 Å². The molecule has 0 aliphatic heterocycles. The molecule has 0 fully saturated rings. The van der Waals surface area contributed by atoms with Crippen LogP contribution in [0.15, 0.2) is 12.2 Å². The summed E-state index contributed by atoms with van der Waals surface area (Å²) < 4.78 is 20.0. The highest BCUT2D eigenvalue weighted by molar-refractivity contribution is 6.70. The van der Waals surface area contributed by atoms with Crippen molar-refractivity contribution in [2.45, 2.75) is 310 Å². The first kappa shape index (κ1) is 58.7. The van der Waals surface area contributed by atoms with Crippen LogP contribution < -0.4 is 5.32 Å². The molecule has 1 amide bonds. The molecule has 0 heterocycles. The third-order valence-corrected chi connectivity index (χ3v) is 14.1. The number of carbonyl (C=O) groups is 1. The van der Waals surface area contributed by atoms with Crippen molar-refractivity contribution >= 4 is 30.9 Å². The van der Waals surface area contributed by atoms with E-state index in [-0.39, 0.29) is 12.0 Å². The van der Waals surface area contributed by atoms with E-state index in [1.54, 1.807) is 0 Å². The Morgan fingerprint density at radius 1 is 0.424 bits per heavy atom. The van der Waals surface area contributed by atoms with E-state index in [1.165, 1.54) is 193 Å². The molecule has 0 spiro atoms. The predicted octanol–water partition coefficient (Wildman–Crippen LogP) is 17.6. The zero-order chi connectivity index (χ0) is 44.1. The summed E-state index contributed by atoms with van der Waals surface area (Å²) in [4.78, 5) is 14.1. The molecule has 8 heteroatoms. The van der Waals surface area contributed by atoms with Crippen LogP contribution in [0.4, 0.5) is 0 Å². The van der Waals surface area contributed by atoms with Crippen molar-refractivity contribution in [1.82, 2.24) is 5.32 Å². The second-order valence-corrected chi connectivity index (χ2v) is 34.6. The highest BCUT2D eigenvalue weighted by Crippen LogP contribution is 2.21. The molecule has 0 saturated carbocycles. The summed E-state index contributed by atoms with van der Waals surface area (Å²) in [5, 5.41) is 3.35. The van der Waals surface area contributed by atoms with Gasteiger partial charge in [0.05, 0.1) is 0 Å². The van der Waals surface area contributed by atoms with Gasteiger partial charge in [0.15, 0.2) is 25.0 Å². The van der Waals surface area contributed by atoms with Crippen molar-refractivity contribution in [3.05, 3.63) is 12.2 Å². The minimum Gasteiger partial charge on any atom is -0.407 e. The van der Waals surface area contributed by atoms with Crippen molar-refractivity contribution < 1.29 is 18.1 Å². The fourth-order valence-electron chi connectivity index (χ4n) is 7.99. The molecule has 0 radical (unpaired) electrons. The SMILES string of the molecule is CCCCCCCCCCCCC/C=C/C(O[Si](C)(C)C)C(NC(=O)C(CCCCCCCCCCCCCCCCCCCCCCC)O[Si](C)(C)C)O[Si](C)(C)C. The first-order chi connectivity index (χ1) is 28.1. The van der Waals surface area contributed by atoms with E-state index in [9.17, 15) is 4.79 Å². The zero-order valence-corrected chi connectivity index (χ0v) is 45.1. The minimum atomic E-state index is -2.01. The van der Waals surface area contributed by atoms with E-state index in [2.05, 4.69) is 90.2 Å². The molecule has 0 rings (SSSR count). The van der Waals surface area contributed by atoms with Gasteiger partial charge in [0, 0.05) is 0 Å². The van der Waals surface area contributed by atoms with Gasteiger partial charge in [-0.3, -0.25) is 4.79 Å². The second kappa shape index (κ2) is 38.2. The third kappa shape index (κ3) is 42.8. The van der Waals surface area contributed by atoms with Crippen LogP contribution in [-0.4, -0.2) is 49.3 Å². The van der Waals surface area contributed by atoms with Crippen molar-refractivity contribution in [3.63, 3.8) is 0 Å². The van der Waals surface area contributed by atoms with Crippen molar-refractivity contribution in [1.29, 1.82) is 0 Å². The Morgan fingerprint density at radius 3 is 1.05 bits per heavy atom. The lowest BCUT2D eigenvalue weighted by atomic mass is 10.0. The van der Waals surface area contributed by atoms with Crippen LogP contribution in [0.3, 0.4) is 0 Å². The molecule has 3 atom stereocenters. The minimum absolute atomic E-state index is 0.0354. The molecule has 0 saturated heterocycles. The lowest BCUT2D eigenvalue weighted by Gasteiger charge is -2.36. The standard InChI is InChI=1S/C51H107NO4Si3/c1-12-14-16-18-20-22-24-26-27-28-29-30-31-32-33-35-36-38-40-42-44-46-48(54-57(3,4)5)50(53)52-51(56-59(9,10)11)49(55-58(6,7)8)47-45-43-41-39-37-34-25-23-21-19-17-15-13-2/h45,47-49,51H,12-44,46H2,1-11H3,(H,52,53)/b47-45+. The molecule has 352 valence electrons. The maximum atomic E-state index is 14.1. The molecule has 3 unspecified atom stereocenters. The first-order valence-electron chi connectivity index (χ1n) is 26.1. The summed E-state index contributed by atoms with van der Waals surface area (Å²) >= 11 is 0. The lowest BCUT2D eigenvalue weighted by Crippen LogP contribution is -2.55. The number of nitrogens with one attached hydrogen (secondary N) is 1. The largest absolute Gasteiger partial charge is 0.407 e. The van der Waals surface area contributed by atoms with E-state index < -0.39 is 37.3 Å². The number of rotatable bonds is 44. The van der Waals surface area contributed by atoms with Crippen LogP contribution in [-0.2, 0) is 18.1 Å². The van der Waals surface area contributed by atoms with E-state index >= 15 is 0 Å². The Morgan fingerprint density at radius 2 is 0.729 bits per heavy atom. The highest BCUT2D eigenvalue weighted by atomic mass is 28.4. The van der Waals surface area contributed by atoms with Crippen molar-refractivity contribution in [2.75, 3.05) is 0 Å². The van der Waals surface area contributed by atoms with E-state index in [1.807, 2.05) is 0 Å². The Bertz CT molecular complexity index is 958. The maximum Gasteiger partial charge on any atom is 0.249 e. The summed E-state index contributed by atoms with van der Waals surface area (Å²) in [6.07, 6.45) is 48.8. The Hall–Kier alpha value is -0.259. The van der Waals surface area contributed by atoms with Gasteiger partial charge in [-0.1, -0.05) is 225 Å². The topological polar surface area (TPSA) is 56.8 Å². The molecule has 0 aliphatic rings. The summed E-state index contributed by atoms with van der Waals surface area (Å²) in [6.45, 7) is 24.4. The van der Waals surface area contributed by atoms with E-state index in [4.69, 9.17) is 13.3 Å². The number of hydrogen-bond donors (Lipinski definition) is 1. The fraction of sp³-hybridized carbons (Fsp3) is 0.941. The van der Waals surface area contributed by atoms with Gasteiger partial charge in [-0.2, -0.15) is 0 Å². The van der Waals surface area contributed by atoms with Crippen LogP contribution in [0, 0.1) is 0 Å². The predicted molar refractivity (Wildman–Crippen MR) is 270 cm³/mol. The van der Waals surface area contributed by atoms with Gasteiger partial charge in [-0.25, -0.2) is 0 Å². The summed E-state index contributed by atoms with van der Waals surface area (Å²) in [6, 6.07) is 0. The average Bonchev–Trinajstić information content (AvgIpc) is 3.14. The Balaban J connectivity index is 4.72. The number of allylic oxidation sites excluding steroid dienone is 1. The van der Waals surface area contributed by atoms with Crippen LogP contribution >= 0.6 is 0 Å². The zero-order valence-electron chi connectivity index (χ0n) is 42.1. The highest BCUT2D eigenvalue weighted by Gasteiger charge is 2.35. The van der Waals surface area contributed by atoms with Crippen molar-refractivity contribution in [3.8, 4) is 0 Å². The number of unbranched alkanes of at least 4 members (excludes halogenated alkanes) is 31. The molecule has 5 nitrogen and oxygen atoms in total. The van der Waals surface area contributed by atoms with Gasteiger partial charge in [0.1, 0.15) is 18.4 Å². The number of carbonyl (C=O) groups excluding carboxylic acids is 1. The smallest absolute Gasteiger partial charge is 0.249 e. The molecule has 0 aromatic heterocycles. The molecular weight excluding hydrogens is 775 g/mol. The molecule has 0 aromatic carbocycles. The summed E-state index contributed by atoms with van der Waals surface area (Å²) in [7, 11) is -5.89. The van der Waals surface area contributed by atoms with Gasteiger partial charge in [0.2, 0.25) is 5.91 Å². The first-order valence-corrected chi connectivity index (χ1v) is 36.3. The molecular formula is C51H107NO4Si3. The monoisotopic (exact) mass is 882 g/mol.